The van der Waals surface area contributed by atoms with Crippen LogP contribution in [0.3, 0.4) is 0 Å². The summed E-state index contributed by atoms with van der Waals surface area (Å²) in [5.74, 6) is -0.334. The molecule has 0 spiro atoms. The van der Waals surface area contributed by atoms with Gasteiger partial charge in [-0.2, -0.15) is 0 Å². The standard InChI is InChI=1S/C10H14ClN3O/c1-2-14(7-10(12)15)6-8-4-3-5-9(11)13-8/h3-5H,2,6-7H2,1H3,(H2,12,15). The van der Waals surface area contributed by atoms with Crippen LogP contribution < -0.4 is 5.73 Å². The second-order valence-electron chi connectivity index (χ2n) is 3.22. The number of hydrogen-bond acceptors (Lipinski definition) is 3. The summed E-state index contributed by atoms with van der Waals surface area (Å²) in [5, 5.41) is 0.461. The van der Waals surface area contributed by atoms with E-state index in [1.54, 1.807) is 6.07 Å². The normalized spacial score (nSPS) is 10.6. The lowest BCUT2D eigenvalue weighted by Crippen LogP contribution is -2.33. The van der Waals surface area contributed by atoms with Crippen molar-refractivity contribution >= 4 is 17.5 Å². The number of primary amides is 1. The molecule has 4 nitrogen and oxygen atoms in total. The highest BCUT2D eigenvalue weighted by molar-refractivity contribution is 6.29. The molecular weight excluding hydrogens is 214 g/mol. The largest absolute Gasteiger partial charge is 0.369 e. The van der Waals surface area contributed by atoms with Crippen molar-refractivity contribution in [3.05, 3.63) is 29.0 Å². The van der Waals surface area contributed by atoms with E-state index < -0.39 is 0 Å². The Morgan fingerprint density at radius 3 is 2.87 bits per heavy atom. The zero-order valence-corrected chi connectivity index (χ0v) is 9.37. The van der Waals surface area contributed by atoms with Crippen LogP contribution in [0.25, 0.3) is 0 Å². The van der Waals surface area contributed by atoms with Crippen molar-refractivity contribution in [3.63, 3.8) is 0 Å². The Balaban J connectivity index is 2.62. The maximum atomic E-state index is 10.8. The molecule has 0 radical (unpaired) electrons. The van der Waals surface area contributed by atoms with Crippen LogP contribution in [0, 0.1) is 0 Å². The van der Waals surface area contributed by atoms with Crippen LogP contribution in [-0.4, -0.2) is 28.9 Å². The minimum absolute atomic E-state index is 0.241. The minimum atomic E-state index is -0.334. The van der Waals surface area contributed by atoms with Gasteiger partial charge in [0.25, 0.3) is 0 Å². The third-order valence-electron chi connectivity index (χ3n) is 1.99. The molecule has 1 heterocycles. The number of amides is 1. The van der Waals surface area contributed by atoms with Crippen molar-refractivity contribution in [1.82, 2.24) is 9.88 Å². The third-order valence-corrected chi connectivity index (χ3v) is 2.20. The van der Waals surface area contributed by atoms with Crippen molar-refractivity contribution in [2.45, 2.75) is 13.5 Å². The Hall–Kier alpha value is -1.13. The van der Waals surface area contributed by atoms with E-state index in [-0.39, 0.29) is 12.5 Å². The predicted molar refractivity (Wildman–Crippen MR) is 59.4 cm³/mol. The summed E-state index contributed by atoms with van der Waals surface area (Å²) >= 11 is 5.76. The molecule has 0 aliphatic heterocycles. The van der Waals surface area contributed by atoms with Gasteiger partial charge in [0.2, 0.25) is 5.91 Å². The molecular formula is C10H14ClN3O. The first-order valence-corrected chi connectivity index (χ1v) is 5.11. The molecule has 0 unspecified atom stereocenters. The number of carbonyl (C=O) groups is 1. The predicted octanol–water partition coefficient (Wildman–Crippen LogP) is 1.04. The Labute approximate surface area is 94.0 Å². The Bertz CT molecular complexity index is 343. The van der Waals surface area contributed by atoms with Gasteiger partial charge in [-0.15, -0.1) is 0 Å². The number of halogens is 1. The van der Waals surface area contributed by atoms with Gasteiger partial charge in [-0.1, -0.05) is 24.6 Å². The maximum absolute atomic E-state index is 10.8. The van der Waals surface area contributed by atoms with Gasteiger partial charge in [-0.3, -0.25) is 9.69 Å². The van der Waals surface area contributed by atoms with Crippen LogP contribution in [0.15, 0.2) is 18.2 Å². The number of likely N-dealkylation sites (N-methyl/N-ethyl adjacent to an activating group) is 1. The highest BCUT2D eigenvalue weighted by atomic mass is 35.5. The lowest BCUT2D eigenvalue weighted by atomic mass is 10.3. The first kappa shape index (κ1) is 11.9. The Morgan fingerprint density at radius 2 is 2.33 bits per heavy atom. The number of nitrogens with two attached hydrogens (primary N) is 1. The highest BCUT2D eigenvalue weighted by Crippen LogP contribution is 2.07. The van der Waals surface area contributed by atoms with Crippen molar-refractivity contribution in [1.29, 1.82) is 0 Å². The molecule has 1 aromatic rings. The summed E-state index contributed by atoms with van der Waals surface area (Å²) in [6, 6.07) is 5.42. The SMILES string of the molecule is CCN(CC(N)=O)Cc1cccc(Cl)n1. The molecule has 2 N–H and O–H groups in total. The Kier molecular flexibility index (Phi) is 4.52. The fourth-order valence-corrected chi connectivity index (χ4v) is 1.45. The summed E-state index contributed by atoms with van der Waals surface area (Å²) in [5.41, 5.74) is 5.96. The second-order valence-corrected chi connectivity index (χ2v) is 3.61. The Morgan fingerprint density at radius 1 is 1.60 bits per heavy atom. The van der Waals surface area contributed by atoms with E-state index in [9.17, 15) is 4.79 Å². The fourth-order valence-electron chi connectivity index (χ4n) is 1.27. The van der Waals surface area contributed by atoms with Gasteiger partial charge in [-0.05, 0) is 18.7 Å². The van der Waals surface area contributed by atoms with E-state index in [4.69, 9.17) is 17.3 Å². The topological polar surface area (TPSA) is 59.2 Å². The first-order valence-electron chi connectivity index (χ1n) is 4.74. The monoisotopic (exact) mass is 227 g/mol. The first-order chi connectivity index (χ1) is 7.11. The van der Waals surface area contributed by atoms with Crippen LogP contribution in [0.5, 0.6) is 0 Å². The number of aromatic nitrogens is 1. The average Bonchev–Trinajstić information content (AvgIpc) is 2.16. The van der Waals surface area contributed by atoms with Crippen LogP contribution in [0.1, 0.15) is 12.6 Å². The molecule has 0 aromatic carbocycles. The number of pyridine rings is 1. The summed E-state index contributed by atoms with van der Waals surface area (Å²) in [6.07, 6.45) is 0. The molecule has 0 atom stereocenters. The van der Waals surface area contributed by atoms with Crippen molar-refractivity contribution in [2.75, 3.05) is 13.1 Å². The molecule has 0 aliphatic carbocycles. The van der Waals surface area contributed by atoms with Gasteiger partial charge in [-0.25, -0.2) is 4.98 Å². The molecule has 0 saturated heterocycles. The van der Waals surface area contributed by atoms with Gasteiger partial charge >= 0.3 is 0 Å². The van der Waals surface area contributed by atoms with Crippen molar-refractivity contribution < 1.29 is 4.79 Å². The molecule has 5 heteroatoms. The number of rotatable bonds is 5. The lowest BCUT2D eigenvalue weighted by molar-refractivity contribution is -0.119. The van der Waals surface area contributed by atoms with Gasteiger partial charge in [0.15, 0.2) is 0 Å². The summed E-state index contributed by atoms with van der Waals surface area (Å²) < 4.78 is 0. The van der Waals surface area contributed by atoms with Crippen molar-refractivity contribution in [2.24, 2.45) is 5.73 Å². The average molecular weight is 228 g/mol. The molecule has 1 aromatic heterocycles. The molecule has 15 heavy (non-hydrogen) atoms. The zero-order chi connectivity index (χ0) is 11.3. The smallest absolute Gasteiger partial charge is 0.231 e. The number of hydrogen-bond donors (Lipinski definition) is 1. The second kappa shape index (κ2) is 5.68. The summed E-state index contributed by atoms with van der Waals surface area (Å²) in [6.45, 7) is 3.54. The molecule has 0 saturated carbocycles. The van der Waals surface area contributed by atoms with E-state index in [2.05, 4.69) is 4.98 Å². The van der Waals surface area contributed by atoms with E-state index >= 15 is 0 Å². The van der Waals surface area contributed by atoms with Crippen LogP contribution >= 0.6 is 11.6 Å². The minimum Gasteiger partial charge on any atom is -0.369 e. The summed E-state index contributed by atoms with van der Waals surface area (Å²) in [4.78, 5) is 16.8. The molecule has 1 rings (SSSR count). The highest BCUT2D eigenvalue weighted by Gasteiger charge is 2.07. The van der Waals surface area contributed by atoms with E-state index in [1.807, 2.05) is 24.0 Å². The van der Waals surface area contributed by atoms with Gasteiger partial charge in [0.1, 0.15) is 5.15 Å². The number of nitrogens with zero attached hydrogens (tertiary/aromatic N) is 2. The van der Waals surface area contributed by atoms with Crippen LogP contribution in [0.4, 0.5) is 0 Å². The molecule has 0 fully saturated rings. The molecule has 82 valence electrons. The van der Waals surface area contributed by atoms with Gasteiger partial charge in [0, 0.05) is 6.54 Å². The van der Waals surface area contributed by atoms with E-state index in [0.717, 1.165) is 12.2 Å². The van der Waals surface area contributed by atoms with Crippen molar-refractivity contribution in [3.8, 4) is 0 Å². The molecule has 0 aliphatic rings. The fraction of sp³-hybridized carbons (Fsp3) is 0.400. The lowest BCUT2D eigenvalue weighted by Gasteiger charge is -2.17. The zero-order valence-electron chi connectivity index (χ0n) is 8.61. The van der Waals surface area contributed by atoms with Gasteiger partial charge < -0.3 is 5.73 Å². The van der Waals surface area contributed by atoms with Gasteiger partial charge in [0.05, 0.1) is 12.2 Å². The van der Waals surface area contributed by atoms with Crippen LogP contribution in [0.2, 0.25) is 5.15 Å². The number of carbonyl (C=O) groups excluding carboxylic acids is 1. The van der Waals surface area contributed by atoms with E-state index in [1.165, 1.54) is 0 Å². The molecule has 1 amide bonds. The maximum Gasteiger partial charge on any atom is 0.231 e. The molecule has 0 bridgehead atoms. The van der Waals surface area contributed by atoms with Crippen LogP contribution in [-0.2, 0) is 11.3 Å². The summed E-state index contributed by atoms with van der Waals surface area (Å²) in [7, 11) is 0. The quantitative estimate of drug-likeness (QED) is 0.765. The van der Waals surface area contributed by atoms with E-state index in [0.29, 0.717) is 11.7 Å². The third kappa shape index (κ3) is 4.27.